The SMILES string of the molecule is CC(C)n1cnc2cc(-c3ccc4c(c3)N([C@H]3C[C@@H](N5CCOCC5)C3)C(=O)C43CCNCC3)nc(NC3CC3)c21. The van der Waals surface area contributed by atoms with Gasteiger partial charge in [0.05, 0.1) is 36.2 Å². The third-order valence-corrected chi connectivity index (χ3v) is 10.2. The Morgan fingerprint density at radius 2 is 1.85 bits per heavy atom. The van der Waals surface area contributed by atoms with Crippen molar-refractivity contribution < 1.29 is 9.53 Å². The maximum absolute atomic E-state index is 14.4. The van der Waals surface area contributed by atoms with E-state index in [1.807, 2.05) is 6.33 Å². The molecule has 1 spiro atoms. The van der Waals surface area contributed by atoms with Gasteiger partial charge in [-0.25, -0.2) is 9.97 Å². The van der Waals surface area contributed by atoms with Gasteiger partial charge in [-0.2, -0.15) is 0 Å². The predicted molar refractivity (Wildman–Crippen MR) is 160 cm³/mol. The van der Waals surface area contributed by atoms with Crippen molar-refractivity contribution in [3.05, 3.63) is 36.2 Å². The highest BCUT2D eigenvalue weighted by Crippen LogP contribution is 2.51. The number of rotatable bonds is 6. The van der Waals surface area contributed by atoms with Crippen molar-refractivity contribution in [3.8, 4) is 11.3 Å². The highest BCUT2D eigenvalue weighted by molar-refractivity contribution is 6.09. The predicted octanol–water partition coefficient (Wildman–Crippen LogP) is 4.08. The van der Waals surface area contributed by atoms with Crippen molar-refractivity contribution in [2.45, 2.75) is 82.0 Å². The van der Waals surface area contributed by atoms with Gasteiger partial charge in [-0.05, 0) is 83.2 Å². The van der Waals surface area contributed by atoms with Crippen LogP contribution in [0.15, 0.2) is 30.6 Å². The second-order valence-electron chi connectivity index (χ2n) is 13.1. The van der Waals surface area contributed by atoms with Crippen LogP contribution in [0.3, 0.4) is 0 Å². The first-order valence-electron chi connectivity index (χ1n) is 15.7. The third kappa shape index (κ3) is 4.19. The summed E-state index contributed by atoms with van der Waals surface area (Å²) in [6, 6.07) is 10.4. The van der Waals surface area contributed by atoms with Crippen LogP contribution in [0.25, 0.3) is 22.3 Å². The Hall–Kier alpha value is -3.01. The van der Waals surface area contributed by atoms with Crippen LogP contribution >= 0.6 is 0 Å². The van der Waals surface area contributed by atoms with Gasteiger partial charge in [0, 0.05) is 48.5 Å². The number of hydrogen-bond donors (Lipinski definition) is 2. The normalized spacial score (nSPS) is 26.1. The van der Waals surface area contributed by atoms with Crippen molar-refractivity contribution >= 4 is 28.4 Å². The summed E-state index contributed by atoms with van der Waals surface area (Å²) in [6.45, 7) is 9.77. The summed E-state index contributed by atoms with van der Waals surface area (Å²) >= 11 is 0. The van der Waals surface area contributed by atoms with Crippen LogP contribution in [0.2, 0.25) is 0 Å². The van der Waals surface area contributed by atoms with Gasteiger partial charge >= 0.3 is 0 Å². The van der Waals surface area contributed by atoms with Crippen LogP contribution in [0.4, 0.5) is 11.5 Å². The van der Waals surface area contributed by atoms with Gasteiger partial charge in [-0.15, -0.1) is 0 Å². The van der Waals surface area contributed by atoms with Crippen molar-refractivity contribution in [1.29, 1.82) is 0 Å². The van der Waals surface area contributed by atoms with E-state index in [-0.39, 0.29) is 6.04 Å². The van der Waals surface area contributed by atoms with E-state index in [0.29, 0.717) is 24.0 Å². The Kier molecular flexibility index (Phi) is 6.13. The number of pyridine rings is 1. The molecule has 5 heterocycles. The zero-order valence-corrected chi connectivity index (χ0v) is 24.2. The second-order valence-corrected chi connectivity index (χ2v) is 13.1. The zero-order chi connectivity index (χ0) is 27.7. The van der Waals surface area contributed by atoms with E-state index >= 15 is 0 Å². The number of carbonyl (C=O) groups excluding carboxylic acids is 1. The average Bonchev–Trinajstić information content (AvgIpc) is 3.63. The minimum Gasteiger partial charge on any atom is -0.379 e. The summed E-state index contributed by atoms with van der Waals surface area (Å²) in [4.78, 5) is 29.1. The van der Waals surface area contributed by atoms with Gasteiger partial charge in [0.2, 0.25) is 5.91 Å². The molecule has 2 saturated heterocycles. The van der Waals surface area contributed by atoms with Gasteiger partial charge in [-0.1, -0.05) is 12.1 Å². The van der Waals surface area contributed by atoms with Gasteiger partial charge in [0.15, 0.2) is 5.82 Å². The number of nitrogens with one attached hydrogen (secondary N) is 2. The molecule has 41 heavy (non-hydrogen) atoms. The smallest absolute Gasteiger partial charge is 0.238 e. The molecule has 4 fully saturated rings. The fourth-order valence-electron chi connectivity index (χ4n) is 7.58. The molecule has 216 valence electrons. The topological polar surface area (TPSA) is 87.6 Å². The lowest BCUT2D eigenvalue weighted by Crippen LogP contribution is -2.59. The number of imidazole rings is 1. The molecular formula is C32H41N7O2. The standard InChI is InChI=1S/C32H41N7O2/c1-20(2)38-19-34-27-18-26(36-30(29(27)38)35-22-4-5-22)21-3-6-25-28(15-21)39(31(40)32(25)7-9-33-10-8-32)24-16-23(17-24)37-11-13-41-14-12-37/h3,6,15,18-20,22-24,33H,4-5,7-14,16-17H2,1-2H3,(H,35,36)/t23-,24+. The first-order chi connectivity index (χ1) is 20.0. The molecule has 0 unspecified atom stereocenters. The second kappa shape index (κ2) is 9.78. The fourth-order valence-corrected chi connectivity index (χ4v) is 7.58. The number of nitrogens with zero attached hydrogens (tertiary/aromatic N) is 5. The van der Waals surface area contributed by atoms with Crippen molar-refractivity contribution in [1.82, 2.24) is 24.8 Å². The average molecular weight is 556 g/mol. The number of aromatic nitrogens is 3. The summed E-state index contributed by atoms with van der Waals surface area (Å²) in [5, 5.41) is 7.17. The zero-order valence-electron chi connectivity index (χ0n) is 24.2. The van der Waals surface area contributed by atoms with Crippen LogP contribution < -0.4 is 15.5 Å². The van der Waals surface area contributed by atoms with E-state index in [9.17, 15) is 4.79 Å². The lowest BCUT2D eigenvalue weighted by Gasteiger charge is -2.48. The number of piperidine rings is 1. The molecule has 2 N–H and O–H groups in total. The van der Waals surface area contributed by atoms with Gasteiger partial charge in [0.25, 0.3) is 0 Å². The van der Waals surface area contributed by atoms with Crippen molar-refractivity contribution in [2.75, 3.05) is 49.6 Å². The highest BCUT2D eigenvalue weighted by Gasteiger charge is 2.54. The monoisotopic (exact) mass is 555 g/mol. The number of amides is 1. The van der Waals surface area contributed by atoms with Crippen LogP contribution in [0.1, 0.15) is 64.0 Å². The number of fused-ring (bicyclic) bond motifs is 3. The number of morpholine rings is 1. The summed E-state index contributed by atoms with van der Waals surface area (Å²) < 4.78 is 7.79. The Balaban J connectivity index is 1.18. The van der Waals surface area contributed by atoms with E-state index in [4.69, 9.17) is 14.7 Å². The third-order valence-electron chi connectivity index (χ3n) is 10.2. The van der Waals surface area contributed by atoms with Crippen LogP contribution in [-0.2, 0) is 14.9 Å². The Morgan fingerprint density at radius 1 is 1.07 bits per heavy atom. The lowest BCUT2D eigenvalue weighted by molar-refractivity contribution is -0.125. The molecule has 0 bridgehead atoms. The molecule has 2 saturated carbocycles. The number of benzene rings is 1. The Morgan fingerprint density at radius 3 is 2.59 bits per heavy atom. The molecule has 9 nitrogen and oxygen atoms in total. The molecular weight excluding hydrogens is 514 g/mol. The van der Waals surface area contributed by atoms with E-state index in [1.54, 1.807) is 0 Å². The Bertz CT molecular complexity index is 1480. The molecule has 2 aromatic heterocycles. The first-order valence-corrected chi connectivity index (χ1v) is 15.7. The Labute approximate surface area is 241 Å². The molecule has 1 aromatic carbocycles. The molecule has 2 aliphatic carbocycles. The molecule has 8 rings (SSSR count). The van der Waals surface area contributed by atoms with E-state index in [2.05, 4.69) is 63.1 Å². The first kappa shape index (κ1) is 25.7. The maximum atomic E-state index is 14.4. The summed E-state index contributed by atoms with van der Waals surface area (Å²) in [5.41, 5.74) is 5.91. The molecule has 9 heteroatoms. The molecule has 3 aromatic rings. The number of hydrogen-bond acceptors (Lipinski definition) is 7. The molecule has 1 amide bonds. The molecule has 0 radical (unpaired) electrons. The van der Waals surface area contributed by atoms with Gasteiger partial charge in [0.1, 0.15) is 5.52 Å². The summed E-state index contributed by atoms with van der Waals surface area (Å²) in [5.74, 6) is 1.23. The minimum atomic E-state index is -0.407. The van der Waals surface area contributed by atoms with Crippen LogP contribution in [0.5, 0.6) is 0 Å². The molecule has 0 atom stereocenters. The minimum absolute atomic E-state index is 0.253. The fraction of sp³-hybridized carbons (Fsp3) is 0.594. The quantitative estimate of drug-likeness (QED) is 0.474. The van der Waals surface area contributed by atoms with Crippen molar-refractivity contribution in [2.24, 2.45) is 0 Å². The lowest BCUT2D eigenvalue weighted by atomic mass is 9.74. The van der Waals surface area contributed by atoms with E-state index in [1.165, 1.54) is 18.4 Å². The van der Waals surface area contributed by atoms with Gasteiger partial charge in [-0.3, -0.25) is 9.69 Å². The number of anilines is 2. The number of ether oxygens (including phenoxy) is 1. The van der Waals surface area contributed by atoms with Crippen molar-refractivity contribution in [3.63, 3.8) is 0 Å². The number of carbonyl (C=O) groups is 1. The van der Waals surface area contributed by atoms with E-state index < -0.39 is 5.41 Å². The molecule has 3 aliphatic heterocycles. The van der Waals surface area contributed by atoms with E-state index in [0.717, 1.165) is 98.9 Å². The van der Waals surface area contributed by atoms with Crippen LogP contribution in [-0.4, -0.2) is 82.9 Å². The van der Waals surface area contributed by atoms with Crippen LogP contribution in [0, 0.1) is 0 Å². The highest BCUT2D eigenvalue weighted by atomic mass is 16.5. The largest absolute Gasteiger partial charge is 0.379 e. The van der Waals surface area contributed by atoms with Gasteiger partial charge < -0.3 is 24.8 Å². The molecule has 5 aliphatic rings. The summed E-state index contributed by atoms with van der Waals surface area (Å²) in [7, 11) is 0. The maximum Gasteiger partial charge on any atom is 0.238 e. The summed E-state index contributed by atoms with van der Waals surface area (Å²) in [6.07, 6.45) is 8.10.